The van der Waals surface area contributed by atoms with Gasteiger partial charge in [-0.05, 0) is 61.9 Å². The highest BCUT2D eigenvalue weighted by atomic mass is 32.1. The molecule has 0 bridgehead atoms. The summed E-state index contributed by atoms with van der Waals surface area (Å²) in [5.41, 5.74) is 6.82. The molecule has 0 unspecified atom stereocenters. The summed E-state index contributed by atoms with van der Waals surface area (Å²) in [6, 6.07) is 12.3. The molecule has 0 fully saturated rings. The predicted octanol–water partition coefficient (Wildman–Crippen LogP) is 5.62. The largest absolute Gasteiger partial charge is 0.365 e. The van der Waals surface area contributed by atoms with Gasteiger partial charge < -0.3 is 5.32 Å². The van der Waals surface area contributed by atoms with Crippen LogP contribution in [0.3, 0.4) is 0 Å². The van der Waals surface area contributed by atoms with Crippen molar-refractivity contribution in [3.05, 3.63) is 59.1 Å². The monoisotopic (exact) mass is 386 g/mol. The maximum atomic E-state index is 5.56. The zero-order chi connectivity index (χ0) is 19.9. The average Bonchev–Trinajstić information content (AvgIpc) is 3.01. The molecule has 0 amide bonds. The van der Waals surface area contributed by atoms with E-state index in [4.69, 9.17) is 6.42 Å². The Kier molecular flexibility index (Phi) is 4.44. The van der Waals surface area contributed by atoms with Gasteiger partial charge in [0.2, 0.25) is 0 Å². The molecule has 0 aromatic carbocycles. The molecule has 0 aliphatic heterocycles. The topological polar surface area (TPSA) is 42.2 Å². The van der Waals surface area contributed by atoms with E-state index in [9.17, 15) is 0 Å². The van der Waals surface area contributed by atoms with E-state index in [0.717, 1.165) is 27.6 Å². The van der Waals surface area contributed by atoms with E-state index in [0.29, 0.717) is 0 Å². The summed E-state index contributed by atoms with van der Waals surface area (Å²) in [5, 5.41) is 9.78. The zero-order valence-electron chi connectivity index (χ0n) is 16.4. The minimum atomic E-state index is -0.0676. The lowest BCUT2D eigenvalue weighted by atomic mass is 10.1. The number of hydrogen-bond acceptors (Lipinski definition) is 4. The van der Waals surface area contributed by atoms with Crippen LogP contribution in [0.5, 0.6) is 0 Å². The second-order valence-corrected chi connectivity index (χ2v) is 8.76. The lowest BCUT2D eigenvalue weighted by molar-refractivity contribution is 0.625. The first-order valence-corrected chi connectivity index (χ1v) is 10.0. The van der Waals surface area contributed by atoms with Crippen LogP contribution in [0.1, 0.15) is 31.9 Å². The molecule has 5 rings (SSSR count). The Morgan fingerprint density at radius 1 is 1.14 bits per heavy atom. The van der Waals surface area contributed by atoms with Gasteiger partial charge >= 0.3 is 0 Å². The molecule has 0 spiro atoms. The Balaban J connectivity index is 0.000000227. The molecule has 0 saturated heterocycles. The van der Waals surface area contributed by atoms with E-state index in [1.807, 2.05) is 23.6 Å². The molecule has 3 aromatic heterocycles. The van der Waals surface area contributed by atoms with Crippen molar-refractivity contribution in [2.24, 2.45) is 0 Å². The first kappa shape index (κ1) is 18.3. The Labute approximate surface area is 169 Å². The molecule has 0 radical (unpaired) electrons. The van der Waals surface area contributed by atoms with E-state index in [1.54, 1.807) is 22.0 Å². The van der Waals surface area contributed by atoms with Crippen LogP contribution < -0.4 is 5.32 Å². The Bertz CT molecular complexity index is 1200. The second kappa shape index (κ2) is 6.81. The van der Waals surface area contributed by atoms with Gasteiger partial charge in [0.05, 0.1) is 16.8 Å². The molecule has 1 N–H and O–H groups in total. The van der Waals surface area contributed by atoms with Crippen LogP contribution in [0.25, 0.3) is 27.3 Å². The lowest BCUT2D eigenvalue weighted by Crippen LogP contribution is -2.27. The number of aryl methyl sites for hydroxylation is 1. The van der Waals surface area contributed by atoms with Crippen molar-refractivity contribution < 1.29 is 0 Å². The minimum absolute atomic E-state index is 0.0676. The third-order valence-corrected chi connectivity index (χ3v) is 5.32. The lowest BCUT2D eigenvalue weighted by Gasteiger charge is -2.22. The zero-order valence-corrected chi connectivity index (χ0v) is 17.3. The highest BCUT2D eigenvalue weighted by Gasteiger charge is 2.16. The number of terminal acetylenes is 1. The molecule has 4 nitrogen and oxygen atoms in total. The van der Waals surface area contributed by atoms with Gasteiger partial charge in [-0.2, -0.15) is 9.61 Å². The van der Waals surface area contributed by atoms with Crippen LogP contribution in [0.2, 0.25) is 0 Å². The highest BCUT2D eigenvalue weighted by Crippen LogP contribution is 2.37. The van der Waals surface area contributed by atoms with Crippen LogP contribution in [0.15, 0.2) is 48.0 Å². The van der Waals surface area contributed by atoms with Crippen molar-refractivity contribution in [1.82, 2.24) is 14.6 Å². The van der Waals surface area contributed by atoms with E-state index in [1.165, 1.54) is 16.7 Å². The number of nitrogens with one attached hydrogen (secondary N) is 1. The van der Waals surface area contributed by atoms with Crippen molar-refractivity contribution in [2.45, 2.75) is 33.2 Å². The third-order valence-electron chi connectivity index (χ3n) is 4.38. The van der Waals surface area contributed by atoms with E-state index < -0.39 is 0 Å². The maximum Gasteiger partial charge on any atom is 0.158 e. The fourth-order valence-electron chi connectivity index (χ4n) is 3.03. The second-order valence-electron chi connectivity index (χ2n) is 7.84. The molecule has 28 heavy (non-hydrogen) atoms. The number of nitrogens with zero attached hydrogens (tertiary/aromatic N) is 3. The van der Waals surface area contributed by atoms with Crippen LogP contribution in [0, 0.1) is 19.3 Å². The predicted molar refractivity (Wildman–Crippen MR) is 118 cm³/mol. The number of benzene rings is 1. The fourth-order valence-corrected chi connectivity index (χ4v) is 3.85. The summed E-state index contributed by atoms with van der Waals surface area (Å²) in [4.78, 5) is 5.66. The average molecular weight is 387 g/mol. The van der Waals surface area contributed by atoms with Gasteiger partial charge in [0.1, 0.15) is 5.82 Å². The van der Waals surface area contributed by atoms with Gasteiger partial charge in [-0.15, -0.1) is 17.8 Å². The quantitative estimate of drug-likeness (QED) is 0.400. The summed E-state index contributed by atoms with van der Waals surface area (Å²) in [7, 11) is 0. The molecule has 140 valence electrons. The molecule has 2 aliphatic carbocycles. The van der Waals surface area contributed by atoms with E-state index in [2.05, 4.69) is 67.2 Å². The molecule has 3 aromatic rings. The number of anilines is 1. The summed E-state index contributed by atoms with van der Waals surface area (Å²) < 4.78 is 1.80. The Hall–Kier alpha value is -3.10. The summed E-state index contributed by atoms with van der Waals surface area (Å²) >= 11 is 1.60. The van der Waals surface area contributed by atoms with Crippen molar-refractivity contribution >= 4 is 22.8 Å². The van der Waals surface area contributed by atoms with E-state index in [-0.39, 0.29) is 5.54 Å². The van der Waals surface area contributed by atoms with Crippen molar-refractivity contribution in [3.8, 4) is 34.0 Å². The molecule has 2 aliphatic rings. The number of fused-ring (bicyclic) bond motifs is 2. The Morgan fingerprint density at radius 2 is 1.96 bits per heavy atom. The molecule has 3 heterocycles. The first-order chi connectivity index (χ1) is 13.4. The van der Waals surface area contributed by atoms with Crippen LogP contribution >= 0.6 is 11.3 Å². The minimum Gasteiger partial charge on any atom is -0.365 e. The number of aromatic nitrogens is 3. The summed E-state index contributed by atoms with van der Waals surface area (Å²) in [6.45, 7) is 8.48. The van der Waals surface area contributed by atoms with Gasteiger partial charge in [-0.25, -0.2) is 4.98 Å². The maximum absolute atomic E-state index is 5.56. The van der Waals surface area contributed by atoms with Crippen molar-refractivity contribution in [3.63, 3.8) is 0 Å². The number of hydrogen-bond donors (Lipinski definition) is 1. The van der Waals surface area contributed by atoms with Gasteiger partial charge in [0.25, 0.3) is 0 Å². The molecule has 0 saturated carbocycles. The number of rotatable bonds is 2. The van der Waals surface area contributed by atoms with Gasteiger partial charge in [0.15, 0.2) is 5.65 Å². The summed E-state index contributed by atoms with van der Waals surface area (Å²) in [5.74, 6) is 3.62. The van der Waals surface area contributed by atoms with Gasteiger partial charge in [-0.3, -0.25) is 0 Å². The normalized spacial score (nSPS) is 11.5. The van der Waals surface area contributed by atoms with Gasteiger partial charge in [0, 0.05) is 23.2 Å². The van der Waals surface area contributed by atoms with Crippen molar-refractivity contribution in [2.75, 3.05) is 5.32 Å². The molecule has 0 atom stereocenters. The SMILES string of the molecule is C#Cc1ccsc1-c1cc(NC(C)(C)C)n2nccc2n1.Cc1ccc2cc1-2. The fraction of sp³-hybridized carbons (Fsp3) is 0.217. The first-order valence-electron chi connectivity index (χ1n) is 9.14. The molecular weight excluding hydrogens is 364 g/mol. The summed E-state index contributed by atoms with van der Waals surface area (Å²) in [6.07, 6.45) is 7.31. The van der Waals surface area contributed by atoms with Crippen LogP contribution in [-0.4, -0.2) is 20.1 Å². The van der Waals surface area contributed by atoms with E-state index >= 15 is 0 Å². The number of thiophene rings is 1. The third kappa shape index (κ3) is 3.64. The van der Waals surface area contributed by atoms with Crippen LogP contribution in [-0.2, 0) is 0 Å². The highest BCUT2D eigenvalue weighted by molar-refractivity contribution is 7.13. The standard InChI is InChI=1S/C16H16N4S.C7H6/c1-5-11-7-9-21-15(11)12-10-14(19-16(2,3)4)20-13(18-12)6-8-17-20;1-5-2-3-6-4-7(5)6/h1,6-10,19H,2-4H3;2-4H,1H3. The van der Waals surface area contributed by atoms with Crippen LogP contribution in [0.4, 0.5) is 5.82 Å². The Morgan fingerprint density at radius 3 is 2.54 bits per heavy atom. The molecule has 5 heteroatoms. The smallest absolute Gasteiger partial charge is 0.158 e. The van der Waals surface area contributed by atoms with Gasteiger partial charge in [-0.1, -0.05) is 18.1 Å². The van der Waals surface area contributed by atoms with Crippen molar-refractivity contribution in [1.29, 1.82) is 0 Å². The molecular formula is C23H22N4S.